The van der Waals surface area contributed by atoms with E-state index >= 15 is 0 Å². The minimum atomic E-state index is -0.837. The number of amides is 2. The van der Waals surface area contributed by atoms with E-state index in [0.717, 1.165) is 41.2 Å². The van der Waals surface area contributed by atoms with Crippen LogP contribution in [0, 0.1) is 0 Å². The smallest absolute Gasteiger partial charge is 0.251 e. The van der Waals surface area contributed by atoms with Gasteiger partial charge in [-0.25, -0.2) is 0 Å². The van der Waals surface area contributed by atoms with Gasteiger partial charge in [-0.3, -0.25) is 9.59 Å². The quantitative estimate of drug-likeness (QED) is 0.303. The molecule has 0 aliphatic carbocycles. The summed E-state index contributed by atoms with van der Waals surface area (Å²) >= 11 is 0. The monoisotopic (exact) mass is 544 g/mol. The van der Waals surface area contributed by atoms with Crippen LogP contribution in [0.25, 0.3) is 0 Å². The Kier molecular flexibility index (Phi) is 10.2. The van der Waals surface area contributed by atoms with E-state index < -0.39 is 12.1 Å². The standard InChI is InChI=1S/C32H40N4O4/c1-4-35(2)26-18-25(19-27(20-26)36-15-9-14-31(36)38)32(39)34-29(17-23-10-6-5-7-11-23)30(37)22-33-21-24-12-8-13-28(16-24)40-3/h5-8,10-13,16,18-20,29-30,33,37H,4,9,14-15,17,21-22H2,1-3H3,(H,34,39)/t29-,30+/m0/s1. The Bertz CT molecular complexity index is 1280. The maximum Gasteiger partial charge on any atom is 0.251 e. The zero-order chi connectivity index (χ0) is 28.5. The van der Waals surface area contributed by atoms with Gasteiger partial charge in [-0.05, 0) is 61.2 Å². The van der Waals surface area contributed by atoms with Crippen LogP contribution < -0.4 is 25.2 Å². The van der Waals surface area contributed by atoms with Crippen LogP contribution in [0.15, 0.2) is 72.8 Å². The molecule has 8 heteroatoms. The van der Waals surface area contributed by atoms with Gasteiger partial charge in [0.05, 0.1) is 19.3 Å². The largest absolute Gasteiger partial charge is 0.497 e. The second kappa shape index (κ2) is 14.0. The summed E-state index contributed by atoms with van der Waals surface area (Å²) in [5.74, 6) is 0.564. The van der Waals surface area contributed by atoms with Gasteiger partial charge in [0.15, 0.2) is 0 Å². The Hall–Kier alpha value is -3.88. The first-order valence-corrected chi connectivity index (χ1v) is 13.9. The van der Waals surface area contributed by atoms with Gasteiger partial charge >= 0.3 is 0 Å². The SMILES string of the molecule is CCN(C)c1cc(C(=O)N[C@@H](Cc2ccccc2)[C@H](O)CNCc2cccc(OC)c2)cc(N2CCCC2=O)c1. The lowest BCUT2D eigenvalue weighted by atomic mass is 10.00. The van der Waals surface area contributed by atoms with Crippen molar-refractivity contribution in [1.29, 1.82) is 0 Å². The van der Waals surface area contributed by atoms with Gasteiger partial charge in [-0.1, -0.05) is 42.5 Å². The number of nitrogens with one attached hydrogen (secondary N) is 2. The zero-order valence-electron chi connectivity index (χ0n) is 23.6. The molecular formula is C32H40N4O4. The average Bonchev–Trinajstić information content (AvgIpc) is 3.42. The summed E-state index contributed by atoms with van der Waals surface area (Å²) in [6.07, 6.45) is 0.961. The van der Waals surface area contributed by atoms with Gasteiger partial charge in [0, 0.05) is 56.6 Å². The molecule has 0 radical (unpaired) electrons. The molecule has 2 atom stereocenters. The number of carbonyl (C=O) groups is 2. The minimum Gasteiger partial charge on any atom is -0.497 e. The van der Waals surface area contributed by atoms with Crippen molar-refractivity contribution in [1.82, 2.24) is 10.6 Å². The predicted octanol–water partition coefficient (Wildman–Crippen LogP) is 3.77. The summed E-state index contributed by atoms with van der Waals surface area (Å²) in [5.41, 5.74) is 4.11. The first-order chi connectivity index (χ1) is 19.4. The van der Waals surface area contributed by atoms with Crippen molar-refractivity contribution in [2.45, 2.75) is 44.9 Å². The third-order valence-corrected chi connectivity index (χ3v) is 7.36. The number of benzene rings is 3. The van der Waals surface area contributed by atoms with Crippen LogP contribution >= 0.6 is 0 Å². The lowest BCUT2D eigenvalue weighted by Gasteiger charge is -2.26. The molecule has 3 aromatic carbocycles. The van der Waals surface area contributed by atoms with Gasteiger partial charge < -0.3 is 30.3 Å². The number of hydrogen-bond donors (Lipinski definition) is 3. The Balaban J connectivity index is 1.52. The van der Waals surface area contributed by atoms with E-state index in [1.165, 1.54) is 0 Å². The number of ether oxygens (including phenoxy) is 1. The molecule has 2 amide bonds. The van der Waals surface area contributed by atoms with Crippen LogP contribution in [0.5, 0.6) is 5.75 Å². The maximum atomic E-state index is 13.6. The number of nitrogens with zero attached hydrogens (tertiary/aromatic N) is 2. The summed E-state index contributed by atoms with van der Waals surface area (Å²) in [6.45, 7) is 4.29. The third kappa shape index (κ3) is 7.61. The number of methoxy groups -OCH3 is 1. The first kappa shape index (κ1) is 29.1. The summed E-state index contributed by atoms with van der Waals surface area (Å²) in [4.78, 5) is 29.9. The second-order valence-electron chi connectivity index (χ2n) is 10.2. The van der Waals surface area contributed by atoms with E-state index in [0.29, 0.717) is 38.0 Å². The number of carbonyl (C=O) groups excluding carboxylic acids is 2. The van der Waals surface area contributed by atoms with E-state index in [4.69, 9.17) is 4.74 Å². The molecule has 8 nitrogen and oxygen atoms in total. The van der Waals surface area contributed by atoms with Crippen molar-refractivity contribution in [2.24, 2.45) is 0 Å². The van der Waals surface area contributed by atoms with Crippen molar-refractivity contribution in [2.75, 3.05) is 43.6 Å². The molecule has 4 rings (SSSR count). The fraction of sp³-hybridized carbons (Fsp3) is 0.375. The highest BCUT2D eigenvalue weighted by Crippen LogP contribution is 2.28. The van der Waals surface area contributed by atoms with Crippen molar-refractivity contribution < 1.29 is 19.4 Å². The van der Waals surface area contributed by atoms with Crippen LogP contribution in [0.1, 0.15) is 41.3 Å². The summed E-state index contributed by atoms with van der Waals surface area (Å²) in [5, 5.41) is 17.6. The Labute approximate surface area is 236 Å². The molecule has 3 N–H and O–H groups in total. The number of hydrogen-bond acceptors (Lipinski definition) is 6. The van der Waals surface area contributed by atoms with E-state index in [-0.39, 0.29) is 11.8 Å². The molecule has 0 aromatic heterocycles. The van der Waals surface area contributed by atoms with Crippen LogP contribution in [-0.2, 0) is 17.8 Å². The Morgan fingerprint density at radius 3 is 2.55 bits per heavy atom. The van der Waals surface area contributed by atoms with E-state index in [2.05, 4.69) is 10.6 Å². The Morgan fingerprint density at radius 2 is 1.85 bits per heavy atom. The molecule has 1 aliphatic heterocycles. The predicted molar refractivity (Wildman–Crippen MR) is 159 cm³/mol. The van der Waals surface area contributed by atoms with Gasteiger partial charge in [0.1, 0.15) is 5.75 Å². The van der Waals surface area contributed by atoms with Crippen LogP contribution in [0.4, 0.5) is 11.4 Å². The molecule has 3 aromatic rings. The highest BCUT2D eigenvalue weighted by molar-refractivity contribution is 6.00. The molecule has 40 heavy (non-hydrogen) atoms. The van der Waals surface area contributed by atoms with Crippen molar-refractivity contribution in [3.63, 3.8) is 0 Å². The third-order valence-electron chi connectivity index (χ3n) is 7.36. The van der Waals surface area contributed by atoms with E-state index in [9.17, 15) is 14.7 Å². The Morgan fingerprint density at radius 1 is 1.07 bits per heavy atom. The normalized spacial score (nSPS) is 14.6. The summed E-state index contributed by atoms with van der Waals surface area (Å²) in [7, 11) is 3.59. The van der Waals surface area contributed by atoms with Crippen molar-refractivity contribution in [3.05, 3.63) is 89.5 Å². The summed E-state index contributed by atoms with van der Waals surface area (Å²) < 4.78 is 5.30. The highest BCUT2D eigenvalue weighted by Gasteiger charge is 2.26. The molecule has 0 spiro atoms. The van der Waals surface area contributed by atoms with Gasteiger partial charge in [-0.2, -0.15) is 0 Å². The molecule has 0 bridgehead atoms. The molecule has 0 unspecified atom stereocenters. The van der Waals surface area contributed by atoms with Crippen LogP contribution in [0.2, 0.25) is 0 Å². The average molecular weight is 545 g/mol. The molecule has 0 saturated carbocycles. The molecule has 1 aliphatic rings. The number of aliphatic hydroxyl groups excluding tert-OH is 1. The van der Waals surface area contributed by atoms with Crippen LogP contribution in [-0.4, -0.2) is 62.9 Å². The maximum absolute atomic E-state index is 13.6. The van der Waals surface area contributed by atoms with Gasteiger partial charge in [-0.15, -0.1) is 0 Å². The lowest BCUT2D eigenvalue weighted by molar-refractivity contribution is -0.117. The van der Waals surface area contributed by atoms with Gasteiger partial charge in [0.2, 0.25) is 5.91 Å². The summed E-state index contributed by atoms with van der Waals surface area (Å²) in [6, 6.07) is 22.6. The highest BCUT2D eigenvalue weighted by atomic mass is 16.5. The fourth-order valence-corrected chi connectivity index (χ4v) is 4.90. The van der Waals surface area contributed by atoms with Crippen LogP contribution in [0.3, 0.4) is 0 Å². The molecule has 1 heterocycles. The zero-order valence-corrected chi connectivity index (χ0v) is 23.6. The molecule has 1 saturated heterocycles. The molecule has 212 valence electrons. The van der Waals surface area contributed by atoms with E-state index in [1.54, 1.807) is 18.1 Å². The van der Waals surface area contributed by atoms with Crippen molar-refractivity contribution >= 4 is 23.2 Å². The van der Waals surface area contributed by atoms with Gasteiger partial charge in [0.25, 0.3) is 5.91 Å². The minimum absolute atomic E-state index is 0.0714. The molecular weight excluding hydrogens is 504 g/mol. The van der Waals surface area contributed by atoms with E-state index in [1.807, 2.05) is 85.6 Å². The molecule has 1 fully saturated rings. The number of aliphatic hydroxyl groups is 1. The lowest BCUT2D eigenvalue weighted by Crippen LogP contribution is -2.48. The first-order valence-electron chi connectivity index (χ1n) is 13.9. The number of anilines is 2. The second-order valence-corrected chi connectivity index (χ2v) is 10.2. The number of rotatable bonds is 13. The topological polar surface area (TPSA) is 94.1 Å². The van der Waals surface area contributed by atoms with Crippen molar-refractivity contribution in [3.8, 4) is 5.75 Å². The fourth-order valence-electron chi connectivity index (χ4n) is 4.90.